The first-order valence-corrected chi connectivity index (χ1v) is 9.61. The summed E-state index contributed by atoms with van der Waals surface area (Å²) in [4.78, 5) is 12.5. The van der Waals surface area contributed by atoms with Crippen LogP contribution in [0, 0.1) is 5.92 Å². The zero-order valence-corrected chi connectivity index (χ0v) is 14.7. The average Bonchev–Trinajstić information content (AvgIpc) is 3.18. The molecule has 0 spiro atoms. The quantitative estimate of drug-likeness (QED) is 0.891. The van der Waals surface area contributed by atoms with Gasteiger partial charge < -0.3 is 15.4 Å². The minimum Gasteiger partial charge on any atom is -0.373 e. The predicted octanol–water partition coefficient (Wildman–Crippen LogP) is 3.54. The minimum atomic E-state index is -0.0272. The van der Waals surface area contributed by atoms with E-state index in [0.717, 1.165) is 19.3 Å². The highest BCUT2D eigenvalue weighted by Gasteiger charge is 2.56. The number of carbonyl (C=O) groups is 1. The van der Waals surface area contributed by atoms with Gasteiger partial charge in [0.1, 0.15) is 0 Å². The molecule has 0 unspecified atom stereocenters. The Morgan fingerprint density at radius 1 is 1.00 bits per heavy atom. The Bertz CT molecular complexity index is 807. The number of amides is 2. The lowest BCUT2D eigenvalue weighted by Crippen LogP contribution is -2.46. The van der Waals surface area contributed by atoms with Crippen molar-refractivity contribution < 1.29 is 9.53 Å². The highest BCUT2D eigenvalue weighted by Crippen LogP contribution is 2.56. The molecule has 0 bridgehead atoms. The maximum atomic E-state index is 12.5. The van der Waals surface area contributed by atoms with Crippen LogP contribution in [0.15, 0.2) is 54.6 Å². The molecule has 2 amide bonds. The number of nitrogens with one attached hydrogen (secondary N) is 2. The number of carbonyl (C=O) groups excluding carboxylic acids is 1. The molecule has 2 aromatic carbocycles. The summed E-state index contributed by atoms with van der Waals surface area (Å²) in [6.07, 6.45) is 2.87. The van der Waals surface area contributed by atoms with Crippen molar-refractivity contribution in [3.63, 3.8) is 0 Å². The molecule has 3 aliphatic rings. The molecule has 1 saturated heterocycles. The summed E-state index contributed by atoms with van der Waals surface area (Å²) in [7, 11) is 0. The number of fused-ring (bicyclic) bond motifs is 3. The number of rotatable bonds is 3. The summed E-state index contributed by atoms with van der Waals surface area (Å²) in [5, 5.41) is 6.38. The maximum Gasteiger partial charge on any atom is 0.315 e. The minimum absolute atomic E-state index is 0.0272. The molecule has 5 atom stereocenters. The van der Waals surface area contributed by atoms with Gasteiger partial charge in [-0.3, -0.25) is 0 Å². The van der Waals surface area contributed by atoms with Crippen LogP contribution in [-0.2, 0) is 11.2 Å². The third-order valence-corrected chi connectivity index (χ3v) is 6.13. The van der Waals surface area contributed by atoms with Crippen molar-refractivity contribution in [3.05, 3.63) is 71.3 Å². The summed E-state index contributed by atoms with van der Waals surface area (Å²) in [5.74, 6) is 1.11. The zero-order valence-electron chi connectivity index (χ0n) is 14.7. The Labute approximate surface area is 153 Å². The molecule has 4 nitrogen and oxygen atoms in total. The molecule has 0 aromatic heterocycles. The fourth-order valence-electron chi connectivity index (χ4n) is 4.75. The highest BCUT2D eigenvalue weighted by atomic mass is 16.5. The van der Waals surface area contributed by atoms with Crippen LogP contribution in [0.1, 0.15) is 41.6 Å². The topological polar surface area (TPSA) is 50.4 Å². The van der Waals surface area contributed by atoms with Gasteiger partial charge in [0.2, 0.25) is 0 Å². The lowest BCUT2D eigenvalue weighted by molar-refractivity contribution is 0.00225. The third-order valence-electron chi connectivity index (χ3n) is 6.13. The standard InChI is InChI=1S/C22H24N2O2/c25-22(24-21-18-12-15-8-4-5-9-17(15)20(18)21)23-16-10-11-26-19(13-16)14-6-2-1-3-7-14/h1-9,16,18-21H,10-13H2,(H2,23,24,25)/t16-,18+,19+,20+,21-/m1/s1. The molecule has 2 N–H and O–H groups in total. The first kappa shape index (κ1) is 15.9. The number of urea groups is 1. The van der Waals surface area contributed by atoms with Gasteiger partial charge in [0, 0.05) is 24.6 Å². The van der Waals surface area contributed by atoms with Crippen LogP contribution in [-0.4, -0.2) is 24.7 Å². The molecular formula is C22H24N2O2. The van der Waals surface area contributed by atoms with E-state index in [9.17, 15) is 4.79 Å². The van der Waals surface area contributed by atoms with Gasteiger partial charge in [-0.1, -0.05) is 54.6 Å². The van der Waals surface area contributed by atoms with Crippen LogP contribution in [0.3, 0.4) is 0 Å². The van der Waals surface area contributed by atoms with E-state index in [-0.39, 0.29) is 18.2 Å². The summed E-state index contributed by atoms with van der Waals surface area (Å²) >= 11 is 0. The van der Waals surface area contributed by atoms with E-state index in [2.05, 4.69) is 47.0 Å². The SMILES string of the molecule is O=C(N[C@@H]1CCO[C@H](c2ccccc2)C1)N[C@@H]1[C@H]2Cc3ccccc3[C@@H]21. The van der Waals surface area contributed by atoms with Crippen LogP contribution in [0.2, 0.25) is 0 Å². The molecular weight excluding hydrogens is 324 g/mol. The molecule has 2 aliphatic carbocycles. The van der Waals surface area contributed by atoms with E-state index in [1.54, 1.807) is 0 Å². The molecule has 134 valence electrons. The monoisotopic (exact) mass is 348 g/mol. The van der Waals surface area contributed by atoms with E-state index in [0.29, 0.717) is 24.5 Å². The fourth-order valence-corrected chi connectivity index (χ4v) is 4.75. The van der Waals surface area contributed by atoms with E-state index >= 15 is 0 Å². The molecule has 5 rings (SSSR count). The van der Waals surface area contributed by atoms with Crippen molar-refractivity contribution in [3.8, 4) is 0 Å². The Hall–Kier alpha value is -2.33. The van der Waals surface area contributed by atoms with Crippen molar-refractivity contribution in [2.24, 2.45) is 5.92 Å². The van der Waals surface area contributed by atoms with Crippen LogP contribution >= 0.6 is 0 Å². The van der Waals surface area contributed by atoms with Crippen molar-refractivity contribution in [1.82, 2.24) is 10.6 Å². The van der Waals surface area contributed by atoms with Gasteiger partial charge in [-0.2, -0.15) is 0 Å². The lowest BCUT2D eigenvalue weighted by atomic mass is 9.97. The van der Waals surface area contributed by atoms with Gasteiger partial charge >= 0.3 is 6.03 Å². The average molecular weight is 348 g/mol. The van der Waals surface area contributed by atoms with Gasteiger partial charge in [-0.25, -0.2) is 4.79 Å². The van der Waals surface area contributed by atoms with Gasteiger partial charge in [0.05, 0.1) is 6.10 Å². The molecule has 0 radical (unpaired) electrons. The third kappa shape index (κ3) is 2.88. The van der Waals surface area contributed by atoms with Crippen molar-refractivity contribution >= 4 is 6.03 Å². The molecule has 26 heavy (non-hydrogen) atoms. The Balaban J connectivity index is 1.16. The summed E-state index contributed by atoms with van der Waals surface area (Å²) in [6, 6.07) is 19.3. The van der Waals surface area contributed by atoms with Crippen molar-refractivity contribution in [2.45, 2.75) is 43.4 Å². The molecule has 2 aromatic rings. The Morgan fingerprint density at radius 2 is 1.81 bits per heavy atom. The normalized spacial score (nSPS) is 31.6. The summed E-state index contributed by atoms with van der Waals surface area (Å²) in [6.45, 7) is 0.687. The van der Waals surface area contributed by atoms with E-state index < -0.39 is 0 Å². The predicted molar refractivity (Wildman–Crippen MR) is 100.0 cm³/mol. The molecule has 1 aliphatic heterocycles. The van der Waals surface area contributed by atoms with Gasteiger partial charge in [0.25, 0.3) is 0 Å². The van der Waals surface area contributed by atoms with E-state index in [1.165, 1.54) is 16.7 Å². The fraction of sp³-hybridized carbons (Fsp3) is 0.409. The lowest BCUT2D eigenvalue weighted by Gasteiger charge is -2.30. The number of hydrogen-bond donors (Lipinski definition) is 2. The van der Waals surface area contributed by atoms with Crippen LogP contribution in [0.5, 0.6) is 0 Å². The van der Waals surface area contributed by atoms with E-state index in [4.69, 9.17) is 4.74 Å². The smallest absolute Gasteiger partial charge is 0.315 e. The summed E-state index contributed by atoms with van der Waals surface area (Å²) in [5.41, 5.74) is 4.07. The van der Waals surface area contributed by atoms with Gasteiger partial charge in [-0.05, 0) is 41.9 Å². The number of ether oxygens (including phenoxy) is 1. The molecule has 2 fully saturated rings. The van der Waals surface area contributed by atoms with Crippen LogP contribution < -0.4 is 10.6 Å². The largest absolute Gasteiger partial charge is 0.373 e. The van der Waals surface area contributed by atoms with Crippen LogP contribution in [0.4, 0.5) is 4.79 Å². The molecule has 4 heteroatoms. The number of hydrogen-bond acceptors (Lipinski definition) is 2. The first-order chi connectivity index (χ1) is 12.8. The molecule has 1 saturated carbocycles. The molecule has 1 heterocycles. The van der Waals surface area contributed by atoms with Gasteiger partial charge in [0.15, 0.2) is 0 Å². The number of benzene rings is 2. The van der Waals surface area contributed by atoms with Crippen molar-refractivity contribution in [1.29, 1.82) is 0 Å². The first-order valence-electron chi connectivity index (χ1n) is 9.61. The van der Waals surface area contributed by atoms with E-state index in [1.807, 2.05) is 18.2 Å². The Kier molecular flexibility index (Phi) is 3.93. The second-order valence-electron chi connectivity index (χ2n) is 7.73. The summed E-state index contributed by atoms with van der Waals surface area (Å²) < 4.78 is 5.90. The second kappa shape index (κ2) is 6.44. The second-order valence-corrected chi connectivity index (χ2v) is 7.73. The van der Waals surface area contributed by atoms with Crippen LogP contribution in [0.25, 0.3) is 0 Å². The zero-order chi connectivity index (χ0) is 17.5. The Morgan fingerprint density at radius 3 is 2.69 bits per heavy atom. The highest BCUT2D eigenvalue weighted by molar-refractivity contribution is 5.75. The van der Waals surface area contributed by atoms with Crippen molar-refractivity contribution in [2.75, 3.05) is 6.61 Å². The maximum absolute atomic E-state index is 12.5. The van der Waals surface area contributed by atoms with Gasteiger partial charge in [-0.15, -0.1) is 0 Å².